The first-order valence-corrected chi connectivity index (χ1v) is 6.88. The van der Waals surface area contributed by atoms with Crippen molar-refractivity contribution in [1.29, 1.82) is 0 Å². The Labute approximate surface area is 125 Å². The molecular weight excluding hydrogens is 289 g/mol. The number of carbonyl (C=O) groups excluding carboxylic acids is 2. The minimum absolute atomic E-state index is 0.104. The number of aromatic nitrogens is 1. The molecule has 2 heterocycles. The van der Waals surface area contributed by atoms with Crippen LogP contribution in [0.4, 0.5) is 4.39 Å². The number of benzene rings is 1. The lowest BCUT2D eigenvalue weighted by molar-refractivity contribution is -0.134. The van der Waals surface area contributed by atoms with Crippen LogP contribution in [-0.2, 0) is 11.8 Å². The molecule has 1 aliphatic heterocycles. The van der Waals surface area contributed by atoms with Crippen molar-refractivity contribution in [3.05, 3.63) is 35.8 Å². The Hall–Kier alpha value is -2.41. The summed E-state index contributed by atoms with van der Waals surface area (Å²) in [5.74, 6) is -1.62. The van der Waals surface area contributed by atoms with E-state index >= 15 is 0 Å². The Kier molecular flexibility index (Phi) is 3.17. The fraction of sp³-hybridized carbons (Fsp3) is 0.333. The molecule has 0 aliphatic carbocycles. The van der Waals surface area contributed by atoms with Gasteiger partial charge in [0.2, 0.25) is 0 Å². The number of nitrogens with zero attached hydrogens (tertiary/aromatic N) is 2. The highest BCUT2D eigenvalue weighted by Crippen LogP contribution is 2.27. The monoisotopic (exact) mass is 305 g/mol. The zero-order valence-corrected chi connectivity index (χ0v) is 12.0. The van der Waals surface area contributed by atoms with Crippen LogP contribution in [0.2, 0.25) is 0 Å². The Morgan fingerprint density at radius 1 is 1.41 bits per heavy atom. The Morgan fingerprint density at radius 2 is 2.14 bits per heavy atom. The van der Waals surface area contributed by atoms with Crippen LogP contribution in [0.5, 0.6) is 0 Å². The van der Waals surface area contributed by atoms with Gasteiger partial charge in [-0.3, -0.25) is 9.59 Å². The van der Waals surface area contributed by atoms with Crippen LogP contribution in [0.15, 0.2) is 24.4 Å². The molecule has 0 radical (unpaired) electrons. The number of nitrogens with two attached hydrogens (primary N) is 1. The van der Waals surface area contributed by atoms with Crippen molar-refractivity contribution in [2.45, 2.75) is 12.0 Å². The molecule has 116 valence electrons. The van der Waals surface area contributed by atoms with Crippen molar-refractivity contribution in [1.82, 2.24) is 9.47 Å². The van der Waals surface area contributed by atoms with Gasteiger partial charge in [-0.1, -0.05) is 0 Å². The molecule has 0 spiro atoms. The molecule has 3 rings (SSSR count). The third kappa shape index (κ3) is 2.14. The van der Waals surface area contributed by atoms with Crippen molar-refractivity contribution in [3.63, 3.8) is 0 Å². The van der Waals surface area contributed by atoms with Gasteiger partial charge in [-0.2, -0.15) is 0 Å². The SMILES string of the molecule is Cn1cc(C(=O)N2CCC(O)(C(N)=O)C2)c2cc(F)ccc21. The summed E-state index contributed by atoms with van der Waals surface area (Å²) in [4.78, 5) is 25.3. The van der Waals surface area contributed by atoms with Crippen molar-refractivity contribution >= 4 is 22.7 Å². The Bertz CT molecular complexity index is 786. The van der Waals surface area contributed by atoms with Crippen molar-refractivity contribution in [2.75, 3.05) is 13.1 Å². The normalized spacial score (nSPS) is 21.5. The first-order chi connectivity index (χ1) is 10.3. The molecular formula is C15H16FN3O3. The summed E-state index contributed by atoms with van der Waals surface area (Å²) in [6, 6.07) is 4.24. The number of aliphatic hydroxyl groups is 1. The maximum absolute atomic E-state index is 13.5. The summed E-state index contributed by atoms with van der Waals surface area (Å²) in [5, 5.41) is 10.6. The number of hydrogen-bond donors (Lipinski definition) is 2. The Morgan fingerprint density at radius 3 is 2.77 bits per heavy atom. The van der Waals surface area contributed by atoms with E-state index in [9.17, 15) is 19.1 Å². The predicted octanol–water partition coefficient (Wildman–Crippen LogP) is 0.380. The number of β-amino-alcohol motifs (C(OH)–C–C–N with tert-alkyl or cyclic N) is 1. The maximum Gasteiger partial charge on any atom is 0.256 e. The molecule has 3 N–H and O–H groups in total. The van der Waals surface area contributed by atoms with Crippen LogP contribution in [-0.4, -0.2) is 45.1 Å². The lowest BCUT2D eigenvalue weighted by Crippen LogP contribution is -2.46. The van der Waals surface area contributed by atoms with Gasteiger partial charge in [-0.15, -0.1) is 0 Å². The van der Waals surface area contributed by atoms with Gasteiger partial charge in [-0.25, -0.2) is 4.39 Å². The largest absolute Gasteiger partial charge is 0.378 e. The van der Waals surface area contributed by atoms with Gasteiger partial charge in [0.1, 0.15) is 5.82 Å². The van der Waals surface area contributed by atoms with E-state index in [0.717, 1.165) is 5.52 Å². The van der Waals surface area contributed by atoms with Crippen LogP contribution in [0, 0.1) is 5.82 Å². The van der Waals surface area contributed by atoms with Gasteiger partial charge < -0.3 is 20.3 Å². The number of amides is 2. The molecule has 2 amide bonds. The van der Waals surface area contributed by atoms with Crippen molar-refractivity contribution in [3.8, 4) is 0 Å². The van der Waals surface area contributed by atoms with Gasteiger partial charge in [0.05, 0.1) is 12.1 Å². The number of halogens is 1. The van der Waals surface area contributed by atoms with Gasteiger partial charge in [-0.05, 0) is 18.2 Å². The summed E-state index contributed by atoms with van der Waals surface area (Å²) >= 11 is 0. The van der Waals surface area contributed by atoms with Gasteiger partial charge in [0, 0.05) is 37.1 Å². The molecule has 1 aliphatic rings. The second-order valence-electron chi connectivity index (χ2n) is 5.69. The minimum Gasteiger partial charge on any atom is -0.378 e. The molecule has 1 saturated heterocycles. The molecule has 22 heavy (non-hydrogen) atoms. The maximum atomic E-state index is 13.5. The number of fused-ring (bicyclic) bond motifs is 1. The lowest BCUT2D eigenvalue weighted by Gasteiger charge is -2.19. The second-order valence-corrected chi connectivity index (χ2v) is 5.69. The van der Waals surface area contributed by atoms with Gasteiger partial charge >= 0.3 is 0 Å². The third-order valence-corrected chi connectivity index (χ3v) is 4.18. The number of carbonyl (C=O) groups is 2. The molecule has 1 aromatic heterocycles. The number of primary amides is 1. The molecule has 0 bridgehead atoms. The summed E-state index contributed by atoms with van der Waals surface area (Å²) in [5.41, 5.74) is 4.55. The highest BCUT2D eigenvalue weighted by Gasteiger charge is 2.43. The van der Waals surface area contributed by atoms with Crippen molar-refractivity contribution < 1.29 is 19.1 Å². The highest BCUT2D eigenvalue weighted by atomic mass is 19.1. The highest BCUT2D eigenvalue weighted by molar-refractivity contribution is 6.07. The predicted molar refractivity (Wildman–Crippen MR) is 77.5 cm³/mol. The molecule has 6 nitrogen and oxygen atoms in total. The first-order valence-electron chi connectivity index (χ1n) is 6.88. The van der Waals surface area contributed by atoms with E-state index in [0.29, 0.717) is 10.9 Å². The summed E-state index contributed by atoms with van der Waals surface area (Å²) in [6.07, 6.45) is 1.72. The zero-order valence-electron chi connectivity index (χ0n) is 12.0. The van der Waals surface area contributed by atoms with Crippen molar-refractivity contribution in [2.24, 2.45) is 12.8 Å². The molecule has 0 saturated carbocycles. The number of aryl methyl sites for hydroxylation is 1. The first kappa shape index (κ1) is 14.5. The van der Waals surface area contributed by atoms with Crippen LogP contribution in [0.3, 0.4) is 0 Å². The molecule has 7 heteroatoms. The fourth-order valence-corrected chi connectivity index (χ4v) is 2.87. The van der Waals surface area contributed by atoms with E-state index in [1.54, 1.807) is 23.9 Å². The van der Waals surface area contributed by atoms with E-state index in [4.69, 9.17) is 5.73 Å². The molecule has 1 aromatic carbocycles. The van der Waals surface area contributed by atoms with Gasteiger partial charge in [0.25, 0.3) is 11.8 Å². The number of likely N-dealkylation sites (tertiary alicyclic amines) is 1. The Balaban J connectivity index is 1.97. The lowest BCUT2D eigenvalue weighted by atomic mass is 10.0. The number of hydrogen-bond acceptors (Lipinski definition) is 3. The molecule has 2 aromatic rings. The second kappa shape index (κ2) is 4.81. The van der Waals surface area contributed by atoms with E-state index in [1.165, 1.54) is 17.0 Å². The summed E-state index contributed by atoms with van der Waals surface area (Å²) < 4.78 is 15.2. The average molecular weight is 305 g/mol. The smallest absolute Gasteiger partial charge is 0.256 e. The third-order valence-electron chi connectivity index (χ3n) is 4.18. The van der Waals surface area contributed by atoms with Crippen LogP contribution in [0.1, 0.15) is 16.8 Å². The van der Waals surface area contributed by atoms with E-state index in [2.05, 4.69) is 0 Å². The van der Waals surface area contributed by atoms with Crippen LogP contribution in [0.25, 0.3) is 10.9 Å². The van der Waals surface area contributed by atoms with E-state index in [-0.39, 0.29) is 25.4 Å². The van der Waals surface area contributed by atoms with Gasteiger partial charge in [0.15, 0.2) is 5.60 Å². The van der Waals surface area contributed by atoms with Crippen LogP contribution >= 0.6 is 0 Å². The molecule has 1 fully saturated rings. The minimum atomic E-state index is -1.69. The van der Waals surface area contributed by atoms with E-state index in [1.807, 2.05) is 0 Å². The van der Waals surface area contributed by atoms with E-state index < -0.39 is 17.3 Å². The fourth-order valence-electron chi connectivity index (χ4n) is 2.87. The molecule has 1 unspecified atom stereocenters. The summed E-state index contributed by atoms with van der Waals surface area (Å²) in [6.45, 7) is 0.0802. The number of rotatable bonds is 2. The summed E-state index contributed by atoms with van der Waals surface area (Å²) in [7, 11) is 1.76. The standard InChI is InChI=1S/C15H16FN3O3/c1-18-7-11(10-6-9(16)2-3-12(10)18)13(20)19-5-4-15(22,8-19)14(17)21/h2-3,6-7,22H,4-5,8H2,1H3,(H2,17,21). The molecule has 1 atom stereocenters. The topological polar surface area (TPSA) is 88.6 Å². The quantitative estimate of drug-likeness (QED) is 0.840. The zero-order chi connectivity index (χ0) is 16.1. The van der Waals surface area contributed by atoms with Crippen LogP contribution < -0.4 is 5.73 Å². The average Bonchev–Trinajstić information content (AvgIpc) is 3.01.